The van der Waals surface area contributed by atoms with E-state index >= 15 is 0 Å². The average molecular weight is 435 g/mol. The van der Waals surface area contributed by atoms with Gasteiger partial charge in [0.25, 0.3) is 5.56 Å². The van der Waals surface area contributed by atoms with E-state index in [1.165, 1.54) is 0 Å². The maximum Gasteiger partial charge on any atom is 0.344 e. The van der Waals surface area contributed by atoms with Crippen LogP contribution >= 0.6 is 0 Å². The van der Waals surface area contributed by atoms with Gasteiger partial charge in [0, 0.05) is 0 Å². The lowest BCUT2D eigenvalue weighted by atomic mass is 10.0. The third-order valence-electron chi connectivity index (χ3n) is 4.83. The number of fused-ring (bicyclic) bond motifs is 1. The van der Waals surface area contributed by atoms with E-state index < -0.39 is 17.6 Å². The molecule has 0 aliphatic heterocycles. The maximum atomic E-state index is 12.3. The Kier molecular flexibility index (Phi) is 5.84. The number of ether oxygens (including phenoxy) is 2. The van der Waals surface area contributed by atoms with Crippen LogP contribution in [0.3, 0.4) is 0 Å². The highest BCUT2D eigenvalue weighted by Gasteiger charge is 2.18. The van der Waals surface area contributed by atoms with Gasteiger partial charge < -0.3 is 19.6 Å². The first-order valence-corrected chi connectivity index (χ1v) is 10.1. The molecule has 0 saturated carbocycles. The number of carboxylic acids is 1. The molecule has 2 aromatic carbocycles. The molecule has 0 amide bonds. The molecular formula is C22H21N5O5. The van der Waals surface area contributed by atoms with Crippen LogP contribution < -0.4 is 15.0 Å². The van der Waals surface area contributed by atoms with E-state index in [1.54, 1.807) is 31.2 Å². The topological polar surface area (TPSA) is 143 Å². The smallest absolute Gasteiger partial charge is 0.344 e. The van der Waals surface area contributed by atoms with Crippen LogP contribution in [0.5, 0.6) is 11.5 Å². The molecule has 2 heterocycles. The summed E-state index contributed by atoms with van der Waals surface area (Å²) in [5, 5.41) is 19.2. The molecule has 1 unspecified atom stereocenters. The molecule has 0 aliphatic carbocycles. The Morgan fingerprint density at radius 3 is 2.72 bits per heavy atom. The number of H-pyrrole nitrogens is 2. The first-order chi connectivity index (χ1) is 15.5. The van der Waals surface area contributed by atoms with Crippen molar-refractivity contribution in [1.82, 2.24) is 25.4 Å². The van der Waals surface area contributed by atoms with Crippen molar-refractivity contribution in [1.29, 1.82) is 0 Å². The van der Waals surface area contributed by atoms with Crippen LogP contribution in [0.1, 0.15) is 20.3 Å². The molecule has 0 radical (unpaired) electrons. The zero-order valence-corrected chi connectivity index (χ0v) is 17.5. The summed E-state index contributed by atoms with van der Waals surface area (Å²) in [7, 11) is 0. The van der Waals surface area contributed by atoms with E-state index in [0.29, 0.717) is 35.9 Å². The Labute approximate surface area is 182 Å². The van der Waals surface area contributed by atoms with E-state index in [2.05, 4.69) is 25.4 Å². The van der Waals surface area contributed by atoms with Gasteiger partial charge in [-0.3, -0.25) is 4.79 Å². The number of aromatic nitrogens is 5. The van der Waals surface area contributed by atoms with Crippen LogP contribution in [0.4, 0.5) is 0 Å². The summed E-state index contributed by atoms with van der Waals surface area (Å²) in [5.74, 6) is 0.310. The Balaban J connectivity index is 1.72. The van der Waals surface area contributed by atoms with Crippen molar-refractivity contribution in [3.8, 4) is 34.0 Å². The zero-order valence-electron chi connectivity index (χ0n) is 17.5. The van der Waals surface area contributed by atoms with Crippen molar-refractivity contribution in [2.75, 3.05) is 6.61 Å². The fraction of sp³-hybridized carbons (Fsp3) is 0.227. The summed E-state index contributed by atoms with van der Waals surface area (Å²) in [6.45, 7) is 4.03. The van der Waals surface area contributed by atoms with Crippen molar-refractivity contribution in [2.45, 2.75) is 26.4 Å². The highest BCUT2D eigenvalue weighted by molar-refractivity contribution is 5.77. The molecule has 0 aliphatic rings. The number of carboxylic acid groups (broad SMARTS) is 1. The number of nitrogens with one attached hydrogen (secondary N) is 2. The van der Waals surface area contributed by atoms with Gasteiger partial charge in [-0.1, -0.05) is 30.3 Å². The number of nitrogens with zero attached hydrogens (tertiary/aromatic N) is 3. The third-order valence-corrected chi connectivity index (χ3v) is 4.83. The van der Waals surface area contributed by atoms with Gasteiger partial charge in [0.2, 0.25) is 0 Å². The van der Waals surface area contributed by atoms with Crippen molar-refractivity contribution < 1.29 is 19.4 Å². The van der Waals surface area contributed by atoms with Gasteiger partial charge in [-0.15, -0.1) is 5.10 Å². The molecule has 10 heteroatoms. The van der Waals surface area contributed by atoms with E-state index in [1.807, 2.05) is 25.1 Å². The Morgan fingerprint density at radius 1 is 1.16 bits per heavy atom. The minimum atomic E-state index is -1.01. The summed E-state index contributed by atoms with van der Waals surface area (Å²) < 4.78 is 11.4. The largest absolute Gasteiger partial charge is 0.493 e. The fourth-order valence-electron chi connectivity index (χ4n) is 3.28. The minimum Gasteiger partial charge on any atom is -0.493 e. The van der Waals surface area contributed by atoms with E-state index in [0.717, 1.165) is 11.1 Å². The van der Waals surface area contributed by atoms with Gasteiger partial charge in [0.1, 0.15) is 17.3 Å². The van der Waals surface area contributed by atoms with E-state index in [-0.39, 0.29) is 11.2 Å². The number of carbonyl (C=O) groups is 1. The van der Waals surface area contributed by atoms with Crippen LogP contribution in [-0.2, 0) is 4.79 Å². The molecule has 1 atom stereocenters. The number of rotatable bonds is 8. The Hall–Kier alpha value is -4.21. The number of aromatic amines is 2. The highest BCUT2D eigenvalue weighted by atomic mass is 16.5. The molecule has 164 valence electrons. The second kappa shape index (κ2) is 8.88. The van der Waals surface area contributed by atoms with Gasteiger partial charge in [0.05, 0.1) is 12.2 Å². The zero-order chi connectivity index (χ0) is 22.7. The SMILES string of the molecule is CCOc1cc(-c2cccc(OC(CC)C(=O)O)c2)ccc1-c1nc2[nH]nnc2c(=O)[nH]1. The van der Waals surface area contributed by atoms with Crippen LogP contribution in [0, 0.1) is 0 Å². The highest BCUT2D eigenvalue weighted by Crippen LogP contribution is 2.34. The van der Waals surface area contributed by atoms with Crippen LogP contribution in [0.25, 0.3) is 33.7 Å². The molecule has 4 rings (SSSR count). The predicted octanol–water partition coefficient (Wildman–Crippen LogP) is 3.02. The monoisotopic (exact) mass is 435 g/mol. The summed E-state index contributed by atoms with van der Waals surface area (Å²) in [6, 6.07) is 12.7. The van der Waals surface area contributed by atoms with E-state index in [4.69, 9.17) is 9.47 Å². The fourth-order valence-corrected chi connectivity index (χ4v) is 3.28. The summed E-state index contributed by atoms with van der Waals surface area (Å²) >= 11 is 0. The third kappa shape index (κ3) is 4.15. The van der Waals surface area contributed by atoms with Gasteiger partial charge in [-0.25, -0.2) is 14.9 Å². The molecule has 0 bridgehead atoms. The lowest BCUT2D eigenvalue weighted by Gasteiger charge is -2.15. The number of aliphatic carboxylic acids is 1. The number of hydrogen-bond acceptors (Lipinski definition) is 7. The van der Waals surface area contributed by atoms with Crippen molar-refractivity contribution in [3.05, 3.63) is 52.8 Å². The number of benzene rings is 2. The normalized spacial score (nSPS) is 11.9. The van der Waals surface area contributed by atoms with Gasteiger partial charge in [-0.2, -0.15) is 0 Å². The second-order valence-corrected chi connectivity index (χ2v) is 6.95. The molecular weight excluding hydrogens is 414 g/mol. The lowest BCUT2D eigenvalue weighted by molar-refractivity contribution is -0.145. The van der Waals surface area contributed by atoms with Gasteiger partial charge in [-0.05, 0) is 48.7 Å². The second-order valence-electron chi connectivity index (χ2n) is 6.95. The quantitative estimate of drug-likeness (QED) is 0.383. The standard InChI is InChI=1S/C22H21N5O5/c1-3-16(22(29)30)32-14-7-5-6-12(10-14)13-8-9-15(17(11-13)31-4-2)19-23-20-18(21(28)24-19)25-27-26-20/h5-11,16H,3-4H2,1-2H3,(H,29,30)(H2,23,24,25,26,27,28). The average Bonchev–Trinajstić information content (AvgIpc) is 3.27. The van der Waals surface area contributed by atoms with Crippen LogP contribution in [0.15, 0.2) is 47.3 Å². The van der Waals surface area contributed by atoms with Crippen molar-refractivity contribution in [3.63, 3.8) is 0 Å². The van der Waals surface area contributed by atoms with Gasteiger partial charge >= 0.3 is 5.97 Å². The Morgan fingerprint density at radius 2 is 1.97 bits per heavy atom. The summed E-state index contributed by atoms with van der Waals surface area (Å²) in [6.07, 6.45) is -0.564. The molecule has 2 aromatic heterocycles. The molecule has 0 fully saturated rings. The van der Waals surface area contributed by atoms with Crippen LogP contribution in [-0.4, -0.2) is 49.2 Å². The Bertz CT molecular complexity index is 1330. The summed E-state index contributed by atoms with van der Waals surface area (Å²) in [4.78, 5) is 30.7. The van der Waals surface area contributed by atoms with Gasteiger partial charge in [0.15, 0.2) is 17.3 Å². The van der Waals surface area contributed by atoms with Crippen molar-refractivity contribution in [2.24, 2.45) is 0 Å². The minimum absolute atomic E-state index is 0.131. The molecule has 0 spiro atoms. The predicted molar refractivity (Wildman–Crippen MR) is 117 cm³/mol. The first-order valence-electron chi connectivity index (χ1n) is 10.1. The maximum absolute atomic E-state index is 12.3. The van der Waals surface area contributed by atoms with E-state index in [9.17, 15) is 14.7 Å². The molecule has 0 saturated heterocycles. The first kappa shape index (κ1) is 21.0. The number of hydrogen-bond donors (Lipinski definition) is 3. The molecule has 32 heavy (non-hydrogen) atoms. The lowest BCUT2D eigenvalue weighted by Crippen LogP contribution is -2.25. The van der Waals surface area contributed by atoms with Crippen LogP contribution in [0.2, 0.25) is 0 Å². The molecule has 4 aromatic rings. The molecule has 3 N–H and O–H groups in total. The van der Waals surface area contributed by atoms with Crippen molar-refractivity contribution >= 4 is 17.1 Å². The summed E-state index contributed by atoms with van der Waals surface area (Å²) in [5.41, 5.74) is 2.27. The molecule has 10 nitrogen and oxygen atoms in total.